The van der Waals surface area contributed by atoms with Crippen molar-refractivity contribution in [2.24, 2.45) is 5.92 Å². The summed E-state index contributed by atoms with van der Waals surface area (Å²) in [7, 11) is 0. The monoisotopic (exact) mass is 396 g/mol. The minimum Gasteiger partial charge on any atom is -0.472 e. The normalized spacial score (nSPS) is 21.0. The van der Waals surface area contributed by atoms with E-state index in [1.807, 2.05) is 4.90 Å². The number of likely N-dealkylation sites (tertiary alicyclic amines) is 1. The number of fused-ring (bicyclic) bond motifs is 1. The molecule has 28 heavy (non-hydrogen) atoms. The summed E-state index contributed by atoms with van der Waals surface area (Å²) in [5.41, 5.74) is -0.228. The molecule has 0 spiro atoms. The molecule has 0 aromatic carbocycles. The fraction of sp³-hybridized carbons (Fsp3) is 0.579. The molecule has 0 radical (unpaired) electrons. The third-order valence-electron chi connectivity index (χ3n) is 5.63. The number of hydrogen-bond donors (Lipinski definition) is 1. The highest BCUT2D eigenvalue weighted by molar-refractivity contribution is 5.93. The molecule has 2 aromatic rings. The number of aromatic nitrogens is 2. The Bertz CT molecular complexity index is 808. The lowest BCUT2D eigenvalue weighted by atomic mass is 9.97. The standard InChI is InChI=1S/C19H23F3N4O2/c20-19(21,22)16-11-26-10-13(1-2-17(26)24-16)9-23-15-3-6-25(7-4-15)18(27)14-5-8-28-12-14/h5,8,11-13,15,23H,1-4,6-7,9-10H2. The van der Waals surface area contributed by atoms with Gasteiger partial charge in [-0.05, 0) is 37.8 Å². The topological polar surface area (TPSA) is 63.3 Å². The van der Waals surface area contributed by atoms with Crippen LogP contribution in [0.4, 0.5) is 13.2 Å². The maximum Gasteiger partial charge on any atom is 0.434 e. The molecule has 1 saturated heterocycles. The maximum atomic E-state index is 12.8. The summed E-state index contributed by atoms with van der Waals surface area (Å²) in [5.74, 6) is 0.801. The molecule has 2 aromatic heterocycles. The Labute approximate surface area is 160 Å². The van der Waals surface area contributed by atoms with Crippen LogP contribution in [-0.2, 0) is 19.1 Å². The van der Waals surface area contributed by atoms with Crippen molar-refractivity contribution >= 4 is 5.91 Å². The van der Waals surface area contributed by atoms with Crippen molar-refractivity contribution in [2.75, 3.05) is 19.6 Å². The summed E-state index contributed by atoms with van der Waals surface area (Å²) in [6.07, 6.45) is 2.83. The Balaban J connectivity index is 1.24. The van der Waals surface area contributed by atoms with Crippen molar-refractivity contribution in [3.8, 4) is 0 Å². The molecular weight excluding hydrogens is 373 g/mol. The van der Waals surface area contributed by atoms with Crippen LogP contribution in [0.1, 0.15) is 41.1 Å². The molecule has 2 aliphatic heterocycles. The second-order valence-corrected chi connectivity index (χ2v) is 7.58. The van der Waals surface area contributed by atoms with Gasteiger partial charge in [0.15, 0.2) is 5.69 Å². The smallest absolute Gasteiger partial charge is 0.434 e. The zero-order chi connectivity index (χ0) is 19.7. The number of amides is 1. The second-order valence-electron chi connectivity index (χ2n) is 7.58. The van der Waals surface area contributed by atoms with E-state index in [4.69, 9.17) is 4.42 Å². The summed E-state index contributed by atoms with van der Waals surface area (Å²) in [6, 6.07) is 1.99. The van der Waals surface area contributed by atoms with Gasteiger partial charge in [0.1, 0.15) is 12.1 Å². The fourth-order valence-corrected chi connectivity index (χ4v) is 4.01. The Morgan fingerprint density at radius 2 is 2.07 bits per heavy atom. The number of nitrogens with zero attached hydrogens (tertiary/aromatic N) is 3. The van der Waals surface area contributed by atoms with Crippen LogP contribution in [0.5, 0.6) is 0 Å². The van der Waals surface area contributed by atoms with E-state index in [1.54, 1.807) is 10.6 Å². The number of nitrogens with one attached hydrogen (secondary N) is 1. The van der Waals surface area contributed by atoms with E-state index in [0.717, 1.165) is 32.0 Å². The molecule has 152 valence electrons. The van der Waals surface area contributed by atoms with Gasteiger partial charge >= 0.3 is 6.18 Å². The van der Waals surface area contributed by atoms with Crippen LogP contribution in [0.2, 0.25) is 0 Å². The first-order chi connectivity index (χ1) is 13.4. The quantitative estimate of drug-likeness (QED) is 0.863. The van der Waals surface area contributed by atoms with E-state index in [1.165, 1.54) is 12.5 Å². The number of rotatable bonds is 4. The minimum atomic E-state index is -4.39. The average molecular weight is 396 g/mol. The number of halogens is 3. The summed E-state index contributed by atoms with van der Waals surface area (Å²) in [6.45, 7) is 2.70. The lowest BCUT2D eigenvalue weighted by Gasteiger charge is -2.33. The molecular formula is C19H23F3N4O2. The van der Waals surface area contributed by atoms with Crippen molar-refractivity contribution in [1.82, 2.24) is 19.8 Å². The molecule has 0 bridgehead atoms. The van der Waals surface area contributed by atoms with Gasteiger partial charge in [-0.1, -0.05) is 0 Å². The predicted molar refractivity (Wildman–Crippen MR) is 94.7 cm³/mol. The SMILES string of the molecule is O=C(c1ccoc1)N1CCC(NCC2CCc3nc(C(F)(F)F)cn3C2)CC1. The van der Waals surface area contributed by atoms with Gasteiger partial charge < -0.3 is 19.2 Å². The van der Waals surface area contributed by atoms with Crippen molar-refractivity contribution in [3.63, 3.8) is 0 Å². The van der Waals surface area contributed by atoms with Gasteiger partial charge in [-0.25, -0.2) is 4.98 Å². The van der Waals surface area contributed by atoms with E-state index >= 15 is 0 Å². The first-order valence-corrected chi connectivity index (χ1v) is 9.58. The number of aryl methyl sites for hydroxylation is 1. The van der Waals surface area contributed by atoms with Crippen molar-refractivity contribution in [1.29, 1.82) is 0 Å². The van der Waals surface area contributed by atoms with E-state index in [2.05, 4.69) is 10.3 Å². The highest BCUT2D eigenvalue weighted by atomic mass is 19.4. The molecule has 1 N–H and O–H groups in total. The highest BCUT2D eigenvalue weighted by Gasteiger charge is 2.36. The Kier molecular flexibility index (Phi) is 5.18. The molecule has 6 nitrogen and oxygen atoms in total. The number of alkyl halides is 3. The molecule has 1 atom stereocenters. The van der Waals surface area contributed by atoms with Gasteiger partial charge in [0.25, 0.3) is 5.91 Å². The van der Waals surface area contributed by atoms with Crippen molar-refractivity contribution in [3.05, 3.63) is 41.9 Å². The van der Waals surface area contributed by atoms with Crippen LogP contribution >= 0.6 is 0 Å². The van der Waals surface area contributed by atoms with Gasteiger partial charge in [-0.2, -0.15) is 13.2 Å². The molecule has 2 aliphatic rings. The van der Waals surface area contributed by atoms with E-state index in [9.17, 15) is 18.0 Å². The summed E-state index contributed by atoms with van der Waals surface area (Å²) in [4.78, 5) is 17.9. The van der Waals surface area contributed by atoms with Crippen LogP contribution < -0.4 is 5.32 Å². The van der Waals surface area contributed by atoms with Crippen LogP contribution in [0.3, 0.4) is 0 Å². The van der Waals surface area contributed by atoms with E-state index < -0.39 is 11.9 Å². The predicted octanol–water partition coefficient (Wildman–Crippen LogP) is 2.95. The van der Waals surface area contributed by atoms with Gasteiger partial charge in [0.2, 0.25) is 0 Å². The first kappa shape index (κ1) is 19.0. The Morgan fingerprint density at radius 3 is 2.75 bits per heavy atom. The second kappa shape index (κ2) is 7.62. The maximum absolute atomic E-state index is 12.8. The van der Waals surface area contributed by atoms with Crippen molar-refractivity contribution in [2.45, 2.75) is 44.4 Å². The summed E-state index contributed by atoms with van der Waals surface area (Å²) in [5, 5.41) is 3.54. The van der Waals surface area contributed by atoms with Gasteiger partial charge in [-0.15, -0.1) is 0 Å². The largest absolute Gasteiger partial charge is 0.472 e. The number of furan rings is 1. The number of carbonyl (C=O) groups is 1. The van der Waals surface area contributed by atoms with Gasteiger partial charge in [0, 0.05) is 38.3 Å². The third-order valence-corrected chi connectivity index (χ3v) is 5.63. The lowest BCUT2D eigenvalue weighted by molar-refractivity contribution is -0.141. The van der Waals surface area contributed by atoms with Crippen LogP contribution in [0.25, 0.3) is 0 Å². The third kappa shape index (κ3) is 4.09. The number of imidazole rings is 1. The van der Waals surface area contributed by atoms with Crippen LogP contribution in [0.15, 0.2) is 29.2 Å². The molecule has 4 heterocycles. The van der Waals surface area contributed by atoms with Crippen molar-refractivity contribution < 1.29 is 22.4 Å². The molecule has 1 fully saturated rings. The molecule has 9 heteroatoms. The average Bonchev–Trinajstić information content (AvgIpc) is 3.35. The van der Waals surface area contributed by atoms with E-state index in [-0.39, 0.29) is 11.8 Å². The molecule has 4 rings (SSSR count). The van der Waals surface area contributed by atoms with Crippen LogP contribution in [0, 0.1) is 5.92 Å². The molecule has 0 saturated carbocycles. The first-order valence-electron chi connectivity index (χ1n) is 9.58. The Morgan fingerprint density at radius 1 is 1.29 bits per heavy atom. The molecule has 0 aliphatic carbocycles. The number of hydrogen-bond acceptors (Lipinski definition) is 4. The Hall–Kier alpha value is -2.29. The minimum absolute atomic E-state index is 0.00686. The lowest BCUT2D eigenvalue weighted by Crippen LogP contribution is -2.46. The molecule has 1 unspecified atom stereocenters. The fourth-order valence-electron chi connectivity index (χ4n) is 4.01. The molecule has 1 amide bonds. The highest BCUT2D eigenvalue weighted by Crippen LogP contribution is 2.30. The van der Waals surface area contributed by atoms with E-state index in [0.29, 0.717) is 43.5 Å². The number of piperidine rings is 1. The zero-order valence-electron chi connectivity index (χ0n) is 15.4. The number of carbonyl (C=O) groups excluding carboxylic acids is 1. The summed E-state index contributed by atoms with van der Waals surface area (Å²) < 4.78 is 45.1. The van der Waals surface area contributed by atoms with Gasteiger partial charge in [0.05, 0.1) is 11.8 Å². The summed E-state index contributed by atoms with van der Waals surface area (Å²) >= 11 is 0. The van der Waals surface area contributed by atoms with Gasteiger partial charge in [-0.3, -0.25) is 4.79 Å². The zero-order valence-corrected chi connectivity index (χ0v) is 15.4. The van der Waals surface area contributed by atoms with Crippen LogP contribution in [-0.4, -0.2) is 46.0 Å².